The van der Waals surface area contributed by atoms with Gasteiger partial charge in [0.25, 0.3) is 5.56 Å². The van der Waals surface area contributed by atoms with Crippen LogP contribution in [0.1, 0.15) is 38.8 Å². The summed E-state index contributed by atoms with van der Waals surface area (Å²) in [6, 6.07) is 7.35. The van der Waals surface area contributed by atoms with E-state index in [9.17, 15) is 14.4 Å². The second-order valence-electron chi connectivity index (χ2n) is 8.15. The van der Waals surface area contributed by atoms with Crippen molar-refractivity contribution in [3.8, 4) is 0 Å². The Bertz CT molecular complexity index is 943. The summed E-state index contributed by atoms with van der Waals surface area (Å²) >= 11 is 0. The van der Waals surface area contributed by atoms with Crippen LogP contribution < -0.4 is 5.56 Å². The number of ether oxygens (including phenoxy) is 1. The van der Waals surface area contributed by atoms with Gasteiger partial charge in [0.15, 0.2) is 0 Å². The van der Waals surface area contributed by atoms with Crippen LogP contribution in [-0.2, 0) is 27.3 Å². The van der Waals surface area contributed by atoms with E-state index in [1.54, 1.807) is 6.07 Å². The maximum absolute atomic E-state index is 12.9. The van der Waals surface area contributed by atoms with Crippen LogP contribution in [0, 0.1) is 11.8 Å². The van der Waals surface area contributed by atoms with Gasteiger partial charge in [-0.1, -0.05) is 32.0 Å². The molecule has 7 nitrogen and oxygen atoms in total. The Hall–Kier alpha value is -2.70. The van der Waals surface area contributed by atoms with Crippen molar-refractivity contribution in [2.45, 2.75) is 46.1 Å². The average Bonchev–Trinajstić information content (AvgIpc) is 2.71. The summed E-state index contributed by atoms with van der Waals surface area (Å²) in [6.45, 7) is 5.84. The number of amides is 1. The van der Waals surface area contributed by atoms with Gasteiger partial charge in [-0.3, -0.25) is 14.4 Å². The van der Waals surface area contributed by atoms with Gasteiger partial charge in [-0.25, -0.2) is 4.68 Å². The zero-order valence-corrected chi connectivity index (χ0v) is 17.4. The van der Waals surface area contributed by atoms with Crippen molar-refractivity contribution in [1.82, 2.24) is 14.7 Å². The number of carbonyl (C=O) groups is 2. The van der Waals surface area contributed by atoms with Crippen LogP contribution >= 0.6 is 0 Å². The highest BCUT2D eigenvalue weighted by molar-refractivity contribution is 5.88. The zero-order valence-electron chi connectivity index (χ0n) is 17.4. The number of methoxy groups -OCH3 is 1. The van der Waals surface area contributed by atoms with Crippen molar-refractivity contribution >= 4 is 22.6 Å². The van der Waals surface area contributed by atoms with Crippen LogP contribution in [0.15, 0.2) is 29.1 Å². The summed E-state index contributed by atoms with van der Waals surface area (Å²) in [5.74, 6) is 0.351. The van der Waals surface area contributed by atoms with Gasteiger partial charge in [-0.05, 0) is 30.7 Å². The molecule has 0 N–H and O–H groups in total. The Morgan fingerprint density at radius 2 is 1.83 bits per heavy atom. The molecule has 1 amide bonds. The lowest BCUT2D eigenvalue weighted by atomic mass is 9.93. The molecule has 0 saturated carbocycles. The molecule has 29 heavy (non-hydrogen) atoms. The molecule has 1 aromatic heterocycles. The van der Waals surface area contributed by atoms with Gasteiger partial charge < -0.3 is 9.64 Å². The van der Waals surface area contributed by atoms with E-state index in [0.29, 0.717) is 37.1 Å². The topological polar surface area (TPSA) is 81.5 Å². The van der Waals surface area contributed by atoms with Crippen LogP contribution in [0.25, 0.3) is 10.8 Å². The molecule has 1 fully saturated rings. The first-order valence-corrected chi connectivity index (χ1v) is 10.2. The molecule has 0 unspecified atom stereocenters. The van der Waals surface area contributed by atoms with Crippen LogP contribution in [0.5, 0.6) is 0 Å². The van der Waals surface area contributed by atoms with E-state index in [-0.39, 0.29) is 35.7 Å². The first-order valence-electron chi connectivity index (χ1n) is 10.2. The molecule has 1 aliphatic rings. The molecule has 1 saturated heterocycles. The third-order valence-corrected chi connectivity index (χ3v) is 5.45. The van der Waals surface area contributed by atoms with E-state index in [1.807, 2.05) is 36.9 Å². The zero-order chi connectivity index (χ0) is 21.0. The van der Waals surface area contributed by atoms with Crippen molar-refractivity contribution in [2.75, 3.05) is 20.2 Å². The highest BCUT2D eigenvalue weighted by Gasteiger charge is 2.25. The van der Waals surface area contributed by atoms with Gasteiger partial charge in [0, 0.05) is 31.4 Å². The molecule has 2 aromatic rings. The fourth-order valence-electron chi connectivity index (χ4n) is 3.87. The average molecular weight is 399 g/mol. The van der Waals surface area contributed by atoms with Gasteiger partial charge in [0.1, 0.15) is 0 Å². The van der Waals surface area contributed by atoms with Gasteiger partial charge >= 0.3 is 5.97 Å². The number of esters is 1. The van der Waals surface area contributed by atoms with Crippen LogP contribution in [0.2, 0.25) is 0 Å². The summed E-state index contributed by atoms with van der Waals surface area (Å²) in [4.78, 5) is 38.9. The number of fused-ring (bicyclic) bond motifs is 1. The minimum atomic E-state index is -0.196. The maximum Gasteiger partial charge on any atom is 0.305 e. The molecule has 156 valence electrons. The monoisotopic (exact) mass is 399 g/mol. The Morgan fingerprint density at radius 3 is 2.45 bits per heavy atom. The number of piperidine rings is 1. The Kier molecular flexibility index (Phi) is 6.67. The van der Waals surface area contributed by atoms with E-state index in [2.05, 4.69) is 5.10 Å². The maximum atomic E-state index is 12.9. The van der Waals surface area contributed by atoms with E-state index in [0.717, 1.165) is 18.2 Å². The lowest BCUT2D eigenvalue weighted by Crippen LogP contribution is -2.40. The Labute approximate surface area is 170 Å². The number of nitrogens with zero attached hydrogens (tertiary/aromatic N) is 3. The summed E-state index contributed by atoms with van der Waals surface area (Å²) in [6.07, 6.45) is 2.16. The van der Waals surface area contributed by atoms with Crippen LogP contribution in [-0.4, -0.2) is 46.8 Å². The number of likely N-dealkylation sites (tertiary alicyclic amines) is 1. The largest absolute Gasteiger partial charge is 0.469 e. The smallest absolute Gasteiger partial charge is 0.305 e. The molecule has 1 aromatic carbocycles. The minimum absolute atomic E-state index is 0.00826. The summed E-state index contributed by atoms with van der Waals surface area (Å²) < 4.78 is 6.22. The molecule has 0 spiro atoms. The molecule has 0 radical (unpaired) electrons. The second-order valence-corrected chi connectivity index (χ2v) is 8.15. The SMILES string of the molecule is COC(=O)CC1CCN(C(=O)Cc2nn(CC(C)C)c(=O)c3ccccc23)CC1. The summed E-state index contributed by atoms with van der Waals surface area (Å²) in [5.41, 5.74) is 0.525. The number of hydrogen-bond acceptors (Lipinski definition) is 5. The van der Waals surface area contributed by atoms with E-state index < -0.39 is 0 Å². The fraction of sp³-hybridized carbons (Fsp3) is 0.545. The predicted octanol–water partition coefficient (Wildman–Crippen LogP) is 2.40. The number of hydrogen-bond donors (Lipinski definition) is 0. The molecule has 0 aliphatic carbocycles. The van der Waals surface area contributed by atoms with Gasteiger partial charge in [-0.2, -0.15) is 5.10 Å². The fourth-order valence-corrected chi connectivity index (χ4v) is 3.87. The lowest BCUT2D eigenvalue weighted by molar-refractivity contribution is -0.142. The highest BCUT2D eigenvalue weighted by Crippen LogP contribution is 2.22. The number of aromatic nitrogens is 2. The number of carbonyl (C=O) groups excluding carboxylic acids is 2. The van der Waals surface area contributed by atoms with E-state index in [4.69, 9.17) is 4.74 Å². The predicted molar refractivity (Wildman–Crippen MR) is 110 cm³/mol. The molecule has 7 heteroatoms. The van der Waals surface area contributed by atoms with Crippen molar-refractivity contribution < 1.29 is 14.3 Å². The normalized spacial score (nSPS) is 15.1. The number of benzene rings is 1. The van der Waals surface area contributed by atoms with Gasteiger partial charge in [-0.15, -0.1) is 0 Å². The highest BCUT2D eigenvalue weighted by atomic mass is 16.5. The van der Waals surface area contributed by atoms with Crippen molar-refractivity contribution in [1.29, 1.82) is 0 Å². The van der Waals surface area contributed by atoms with Crippen molar-refractivity contribution in [3.05, 3.63) is 40.3 Å². The minimum Gasteiger partial charge on any atom is -0.469 e. The van der Waals surface area contributed by atoms with Crippen LogP contribution in [0.3, 0.4) is 0 Å². The molecular weight excluding hydrogens is 370 g/mol. The lowest BCUT2D eigenvalue weighted by Gasteiger charge is -2.31. The molecule has 1 aliphatic heterocycles. The van der Waals surface area contributed by atoms with Crippen LogP contribution in [0.4, 0.5) is 0 Å². The molecule has 0 bridgehead atoms. The first-order chi connectivity index (χ1) is 13.9. The van der Waals surface area contributed by atoms with E-state index >= 15 is 0 Å². The summed E-state index contributed by atoms with van der Waals surface area (Å²) in [5, 5.41) is 5.88. The molecule has 3 rings (SSSR count). The molecule has 0 atom stereocenters. The Balaban J connectivity index is 1.76. The third-order valence-electron chi connectivity index (χ3n) is 5.45. The molecular formula is C22H29N3O4. The third kappa shape index (κ3) is 5.02. The summed E-state index contributed by atoms with van der Waals surface area (Å²) in [7, 11) is 1.40. The van der Waals surface area contributed by atoms with Gasteiger partial charge in [0.2, 0.25) is 5.91 Å². The quantitative estimate of drug-likeness (QED) is 0.697. The van der Waals surface area contributed by atoms with E-state index in [1.165, 1.54) is 11.8 Å². The Morgan fingerprint density at radius 1 is 1.17 bits per heavy atom. The standard InChI is InChI=1S/C22H29N3O4/c1-15(2)14-25-22(28)18-7-5-4-6-17(18)19(23-25)13-20(26)24-10-8-16(9-11-24)12-21(27)29-3/h4-7,15-16H,8-14H2,1-3H3. The van der Waals surface area contributed by atoms with Crippen molar-refractivity contribution in [3.63, 3.8) is 0 Å². The first kappa shape index (κ1) is 21.0. The second kappa shape index (κ2) is 9.20. The van der Waals surface area contributed by atoms with Gasteiger partial charge in [0.05, 0.1) is 24.6 Å². The van der Waals surface area contributed by atoms with Crippen molar-refractivity contribution in [2.24, 2.45) is 11.8 Å². The number of rotatable bonds is 6. The molecule has 2 heterocycles.